The largest absolute Gasteiger partial charge is 0.417 e. The third kappa shape index (κ3) is 3.83. The summed E-state index contributed by atoms with van der Waals surface area (Å²) in [5.74, 6) is 0.944. The van der Waals surface area contributed by atoms with E-state index in [0.29, 0.717) is 24.7 Å². The van der Waals surface area contributed by atoms with Gasteiger partial charge in [0.1, 0.15) is 5.82 Å². The Morgan fingerprint density at radius 1 is 1.24 bits per heavy atom. The predicted octanol–water partition coefficient (Wildman–Crippen LogP) is 4.39. The summed E-state index contributed by atoms with van der Waals surface area (Å²) >= 11 is 0. The summed E-state index contributed by atoms with van der Waals surface area (Å²) in [4.78, 5) is 28.6. The van der Waals surface area contributed by atoms with Crippen LogP contribution in [0.15, 0.2) is 23.1 Å². The van der Waals surface area contributed by atoms with Gasteiger partial charge in [-0.2, -0.15) is 18.2 Å². The molecule has 0 radical (unpaired) electrons. The van der Waals surface area contributed by atoms with E-state index in [0.717, 1.165) is 43.6 Å². The minimum Gasteiger partial charge on any atom is -0.406 e. The Kier molecular flexibility index (Phi) is 5.01. The Labute approximate surface area is 164 Å². The Morgan fingerprint density at radius 3 is 2.62 bits per heavy atom. The average molecular weight is 407 g/mol. The van der Waals surface area contributed by atoms with Crippen LogP contribution < -0.4 is 10.3 Å². The first kappa shape index (κ1) is 19.4. The van der Waals surface area contributed by atoms with E-state index >= 15 is 0 Å². The first-order valence-electron chi connectivity index (χ1n) is 9.58. The quantitative estimate of drug-likeness (QED) is 0.678. The molecule has 0 bridgehead atoms. The molecule has 1 aliphatic rings. The molecule has 0 amide bonds. The van der Waals surface area contributed by atoms with Gasteiger partial charge in [-0.25, -0.2) is 9.97 Å². The number of aromatic nitrogens is 5. The maximum absolute atomic E-state index is 12.9. The number of nitrogens with one attached hydrogen (secondary N) is 1. The van der Waals surface area contributed by atoms with Crippen LogP contribution in [-0.2, 0) is 12.7 Å². The number of H-pyrrole nitrogens is 1. The lowest BCUT2D eigenvalue weighted by molar-refractivity contribution is -0.137. The van der Waals surface area contributed by atoms with Crippen LogP contribution in [0.5, 0.6) is 11.9 Å². The van der Waals surface area contributed by atoms with Crippen molar-refractivity contribution in [2.24, 2.45) is 0 Å². The van der Waals surface area contributed by atoms with Gasteiger partial charge in [0.15, 0.2) is 11.2 Å². The number of rotatable bonds is 5. The molecule has 1 N–H and O–H groups in total. The van der Waals surface area contributed by atoms with Crippen LogP contribution in [0.3, 0.4) is 0 Å². The maximum atomic E-state index is 12.9. The van der Waals surface area contributed by atoms with Crippen molar-refractivity contribution in [3.8, 4) is 11.9 Å². The van der Waals surface area contributed by atoms with E-state index in [1.807, 2.05) is 6.92 Å². The minimum absolute atomic E-state index is 0.0407. The molecule has 10 heteroatoms. The fourth-order valence-corrected chi connectivity index (χ4v) is 3.58. The molecule has 7 nitrogen and oxygen atoms in total. The summed E-state index contributed by atoms with van der Waals surface area (Å²) in [6.45, 7) is 2.24. The van der Waals surface area contributed by atoms with Gasteiger partial charge in [0.05, 0.1) is 5.56 Å². The van der Waals surface area contributed by atoms with E-state index in [9.17, 15) is 18.0 Å². The average Bonchev–Trinajstić information content (AvgIpc) is 3.34. The van der Waals surface area contributed by atoms with Crippen molar-refractivity contribution >= 4 is 11.2 Å². The van der Waals surface area contributed by atoms with Gasteiger partial charge in [0, 0.05) is 24.7 Å². The van der Waals surface area contributed by atoms with Crippen LogP contribution in [0.25, 0.3) is 11.2 Å². The number of imidazole rings is 1. The molecular weight excluding hydrogens is 387 g/mol. The minimum atomic E-state index is -4.49. The molecule has 29 heavy (non-hydrogen) atoms. The first-order valence-corrected chi connectivity index (χ1v) is 9.58. The van der Waals surface area contributed by atoms with Crippen LogP contribution in [0.4, 0.5) is 13.2 Å². The van der Waals surface area contributed by atoms with Crippen molar-refractivity contribution in [2.75, 3.05) is 0 Å². The van der Waals surface area contributed by atoms with Crippen LogP contribution in [-0.4, -0.2) is 24.5 Å². The fraction of sp³-hybridized carbons (Fsp3) is 0.474. The van der Waals surface area contributed by atoms with E-state index in [4.69, 9.17) is 4.74 Å². The number of aromatic amines is 1. The standard InChI is InChI=1S/C19H20F3N5O2/c1-2-9-27-17(28)14-16(25-15(24-14)11-5-3-4-6-11)26-18(27)29-13-8-7-12(10-23-13)19(20,21)22/h7-8,10-11H,2-6,9H2,1H3,(H,24,25). The topological polar surface area (TPSA) is 85.7 Å². The highest BCUT2D eigenvalue weighted by molar-refractivity contribution is 5.70. The SMILES string of the molecule is CCCn1c(Oc2ccc(C(F)(F)F)cn2)nc2nc(C3CCCC3)[nH]c2c1=O. The summed E-state index contributed by atoms with van der Waals surface area (Å²) in [7, 11) is 0. The molecule has 1 aliphatic carbocycles. The van der Waals surface area contributed by atoms with E-state index in [1.54, 1.807) is 0 Å². The van der Waals surface area contributed by atoms with Crippen molar-refractivity contribution < 1.29 is 17.9 Å². The molecular formula is C19H20F3N5O2. The van der Waals surface area contributed by atoms with Crippen LogP contribution in [0.1, 0.15) is 56.3 Å². The van der Waals surface area contributed by atoms with Crippen molar-refractivity contribution in [2.45, 2.75) is 57.7 Å². The number of fused-ring (bicyclic) bond motifs is 1. The molecule has 3 aromatic rings. The summed E-state index contributed by atoms with van der Waals surface area (Å²) in [5, 5.41) is 0. The lowest BCUT2D eigenvalue weighted by atomic mass is 10.1. The molecule has 1 saturated carbocycles. The van der Waals surface area contributed by atoms with E-state index in [-0.39, 0.29) is 29.0 Å². The third-order valence-corrected chi connectivity index (χ3v) is 5.04. The first-order chi connectivity index (χ1) is 13.9. The van der Waals surface area contributed by atoms with Crippen molar-refractivity contribution in [1.82, 2.24) is 24.5 Å². The molecule has 4 rings (SSSR count). The molecule has 0 aromatic carbocycles. The number of halogens is 3. The molecule has 1 fully saturated rings. The summed E-state index contributed by atoms with van der Waals surface area (Å²) in [6, 6.07) is 1.93. The molecule has 0 spiro atoms. The zero-order valence-corrected chi connectivity index (χ0v) is 15.8. The number of hydrogen-bond donors (Lipinski definition) is 1. The lowest BCUT2D eigenvalue weighted by Gasteiger charge is -2.11. The maximum Gasteiger partial charge on any atom is 0.417 e. The van der Waals surface area contributed by atoms with Gasteiger partial charge in [-0.15, -0.1) is 0 Å². The van der Waals surface area contributed by atoms with Crippen molar-refractivity contribution in [3.05, 3.63) is 40.1 Å². The van der Waals surface area contributed by atoms with Gasteiger partial charge < -0.3 is 9.72 Å². The second-order valence-corrected chi connectivity index (χ2v) is 7.14. The highest BCUT2D eigenvalue weighted by atomic mass is 19.4. The molecule has 0 unspecified atom stereocenters. The summed E-state index contributed by atoms with van der Waals surface area (Å²) < 4.78 is 45.1. The van der Waals surface area contributed by atoms with E-state index in [2.05, 4.69) is 19.9 Å². The molecule has 0 atom stereocenters. The number of nitrogens with zero attached hydrogens (tertiary/aromatic N) is 4. The van der Waals surface area contributed by atoms with Crippen LogP contribution >= 0.6 is 0 Å². The fourth-order valence-electron chi connectivity index (χ4n) is 3.58. The molecule has 0 saturated heterocycles. The number of pyridine rings is 1. The normalized spacial score (nSPS) is 15.3. The Hall–Kier alpha value is -2.91. The molecule has 3 aromatic heterocycles. The van der Waals surface area contributed by atoms with Crippen LogP contribution in [0, 0.1) is 0 Å². The highest BCUT2D eigenvalue weighted by Gasteiger charge is 2.31. The smallest absolute Gasteiger partial charge is 0.406 e. The van der Waals surface area contributed by atoms with Gasteiger partial charge in [-0.1, -0.05) is 19.8 Å². The third-order valence-electron chi connectivity index (χ3n) is 5.04. The Balaban J connectivity index is 1.72. The second kappa shape index (κ2) is 7.49. The van der Waals surface area contributed by atoms with Gasteiger partial charge >= 0.3 is 12.2 Å². The zero-order valence-electron chi connectivity index (χ0n) is 15.8. The molecule has 154 valence electrons. The van der Waals surface area contributed by atoms with Gasteiger partial charge in [-0.3, -0.25) is 9.36 Å². The zero-order chi connectivity index (χ0) is 20.6. The monoisotopic (exact) mass is 407 g/mol. The number of hydrogen-bond acceptors (Lipinski definition) is 5. The predicted molar refractivity (Wildman–Crippen MR) is 99.0 cm³/mol. The van der Waals surface area contributed by atoms with Gasteiger partial charge in [0.2, 0.25) is 5.88 Å². The van der Waals surface area contributed by atoms with Gasteiger partial charge in [-0.05, 0) is 25.3 Å². The van der Waals surface area contributed by atoms with Crippen molar-refractivity contribution in [1.29, 1.82) is 0 Å². The van der Waals surface area contributed by atoms with Gasteiger partial charge in [0.25, 0.3) is 5.56 Å². The van der Waals surface area contributed by atoms with E-state index in [1.165, 1.54) is 4.57 Å². The number of alkyl halides is 3. The van der Waals surface area contributed by atoms with Crippen LogP contribution in [0.2, 0.25) is 0 Å². The number of ether oxygens (including phenoxy) is 1. The summed E-state index contributed by atoms with van der Waals surface area (Å²) in [6.07, 6.45) is 1.13. The molecule has 3 heterocycles. The van der Waals surface area contributed by atoms with Crippen molar-refractivity contribution in [3.63, 3.8) is 0 Å². The molecule has 0 aliphatic heterocycles. The van der Waals surface area contributed by atoms with E-state index < -0.39 is 11.7 Å². The Morgan fingerprint density at radius 2 is 2.00 bits per heavy atom. The Bertz CT molecular complexity index is 1070. The summed E-state index contributed by atoms with van der Waals surface area (Å²) in [5.41, 5.74) is -0.650. The lowest BCUT2D eigenvalue weighted by Crippen LogP contribution is -2.23. The highest BCUT2D eigenvalue weighted by Crippen LogP contribution is 2.33. The second-order valence-electron chi connectivity index (χ2n) is 7.14.